The number of aliphatic hydroxyl groups is 5. The highest BCUT2D eigenvalue weighted by Crippen LogP contribution is 2.34. The molecule has 2 heterocycles. The van der Waals surface area contributed by atoms with E-state index in [2.05, 4.69) is 0 Å². The number of ketones is 1. The highest BCUT2D eigenvalue weighted by Gasteiger charge is 2.52. The first-order valence-corrected chi connectivity index (χ1v) is 10.8. The molecule has 1 saturated carbocycles. The normalized spacial score (nSPS) is 50.0. The minimum atomic E-state index is -1.51. The van der Waals surface area contributed by atoms with Gasteiger partial charge in [0.15, 0.2) is 6.29 Å². The van der Waals surface area contributed by atoms with Crippen molar-refractivity contribution in [3.63, 3.8) is 0 Å². The van der Waals surface area contributed by atoms with Gasteiger partial charge in [-0.05, 0) is 12.8 Å². The predicted molar refractivity (Wildman–Crippen MR) is 107 cm³/mol. The Morgan fingerprint density at radius 2 is 1.66 bits per heavy atom. The van der Waals surface area contributed by atoms with Crippen LogP contribution in [-0.2, 0) is 23.7 Å². The number of rotatable bonds is 7. The van der Waals surface area contributed by atoms with Gasteiger partial charge in [0.1, 0.15) is 36.6 Å². The molecule has 1 aliphatic carbocycles. The molecule has 3 fully saturated rings. The van der Waals surface area contributed by atoms with Gasteiger partial charge in [0.25, 0.3) is 0 Å². The number of carbonyl (C=O) groups is 1. The molecule has 0 amide bonds. The van der Waals surface area contributed by atoms with E-state index in [4.69, 9.17) is 36.1 Å². The lowest BCUT2D eigenvalue weighted by Gasteiger charge is -2.47. The maximum Gasteiger partial charge on any atom is 0.221 e. The maximum atomic E-state index is 12.3. The van der Waals surface area contributed by atoms with Gasteiger partial charge in [-0.25, -0.2) is 0 Å². The zero-order chi connectivity index (χ0) is 23.7. The van der Waals surface area contributed by atoms with E-state index >= 15 is 0 Å². The Morgan fingerprint density at radius 3 is 2.22 bits per heavy atom. The third-order valence-corrected chi connectivity index (χ3v) is 6.52. The van der Waals surface area contributed by atoms with Crippen molar-refractivity contribution in [2.24, 2.45) is 23.1 Å². The Labute approximate surface area is 185 Å². The highest BCUT2D eigenvalue weighted by molar-refractivity contribution is 5.88. The number of ether oxygens (including phenoxy) is 4. The number of hydrogen-bond acceptors (Lipinski definition) is 13. The summed E-state index contributed by atoms with van der Waals surface area (Å²) in [6.07, 6.45) is -11.7. The fourth-order valence-electron chi connectivity index (χ4n) is 4.52. The van der Waals surface area contributed by atoms with Gasteiger partial charge in [0.05, 0.1) is 18.8 Å². The van der Waals surface area contributed by atoms with Crippen molar-refractivity contribution in [2.75, 3.05) is 13.2 Å². The van der Waals surface area contributed by atoms with Crippen molar-refractivity contribution in [1.82, 2.24) is 0 Å². The standard InChI is InChI=1S/C19H35N3O10/c1-2-6-11(24)14(27)10(5-23)30-18(6)31-16-8(22)3-7(21)12(25)17(16)32-19-15(28)13(26)9(4-20)29-19/h6-14,16-19,23-27H,2-5,20-22H2,1H3/t6?,7-,8?,9-,10?,11?,12?,13?,14-,16-,17?,18-,19+/m1/s1. The summed E-state index contributed by atoms with van der Waals surface area (Å²) < 4.78 is 22.8. The van der Waals surface area contributed by atoms with E-state index in [9.17, 15) is 30.3 Å². The molecule has 7 unspecified atom stereocenters. The van der Waals surface area contributed by atoms with Crippen molar-refractivity contribution in [3.8, 4) is 0 Å². The van der Waals surface area contributed by atoms with Crippen molar-refractivity contribution in [2.45, 2.75) is 93.3 Å². The second-order valence-corrected chi connectivity index (χ2v) is 8.62. The van der Waals surface area contributed by atoms with Gasteiger partial charge in [0, 0.05) is 24.5 Å². The second-order valence-electron chi connectivity index (χ2n) is 8.62. The van der Waals surface area contributed by atoms with Crippen molar-refractivity contribution < 1.29 is 49.3 Å². The van der Waals surface area contributed by atoms with E-state index < -0.39 is 91.8 Å². The lowest BCUT2D eigenvalue weighted by atomic mass is 9.83. The van der Waals surface area contributed by atoms with Crippen LogP contribution < -0.4 is 17.2 Å². The molecule has 0 bridgehead atoms. The second kappa shape index (κ2) is 10.6. The number of carbonyl (C=O) groups excluding carboxylic acids is 1. The Kier molecular flexibility index (Phi) is 8.57. The van der Waals surface area contributed by atoms with Gasteiger partial charge in [0.2, 0.25) is 12.1 Å². The first kappa shape index (κ1) is 25.8. The number of hydrogen-bond donors (Lipinski definition) is 8. The lowest BCUT2D eigenvalue weighted by molar-refractivity contribution is -0.320. The SMILES string of the molecule is CCC1C(O)[C@H](O)C(CO)O[C@@H]1O[C@@H]1C(N)C[C@@H](N)C(O)C1O[C@@H]1O[C@H](CN)C(O)C1=O. The molecule has 13 atom stereocenters. The Hall–Kier alpha value is -0.810. The number of Topliss-reactive ketones (excluding diaryl/α,β-unsaturated/α-hetero) is 1. The largest absolute Gasteiger partial charge is 0.394 e. The summed E-state index contributed by atoms with van der Waals surface area (Å²) in [5.74, 6) is -1.42. The summed E-state index contributed by atoms with van der Waals surface area (Å²) in [6.45, 7) is 1.09. The van der Waals surface area contributed by atoms with Crippen molar-refractivity contribution in [3.05, 3.63) is 0 Å². The molecule has 0 radical (unpaired) electrons. The van der Waals surface area contributed by atoms with Gasteiger partial charge in [-0.1, -0.05) is 6.92 Å². The molecule has 11 N–H and O–H groups in total. The van der Waals surface area contributed by atoms with Gasteiger partial charge in [-0.3, -0.25) is 4.79 Å². The smallest absolute Gasteiger partial charge is 0.221 e. The van der Waals surface area contributed by atoms with Crippen LogP contribution in [0.15, 0.2) is 0 Å². The van der Waals surface area contributed by atoms with Crippen LogP contribution in [0.3, 0.4) is 0 Å². The van der Waals surface area contributed by atoms with Crippen LogP contribution in [-0.4, -0.2) is 118 Å². The fourth-order valence-corrected chi connectivity index (χ4v) is 4.52. The molecule has 0 aromatic heterocycles. The van der Waals surface area contributed by atoms with E-state index in [-0.39, 0.29) is 13.0 Å². The third-order valence-electron chi connectivity index (χ3n) is 6.52. The van der Waals surface area contributed by atoms with E-state index in [0.29, 0.717) is 6.42 Å². The van der Waals surface area contributed by atoms with Gasteiger partial charge in [-0.2, -0.15) is 0 Å². The van der Waals surface area contributed by atoms with Gasteiger partial charge >= 0.3 is 0 Å². The number of nitrogens with two attached hydrogens (primary N) is 3. The molecule has 3 aliphatic rings. The molecule has 0 aromatic rings. The van der Waals surface area contributed by atoms with Crippen molar-refractivity contribution >= 4 is 5.78 Å². The van der Waals surface area contributed by atoms with E-state index in [1.54, 1.807) is 6.92 Å². The predicted octanol–water partition coefficient (Wildman–Crippen LogP) is -4.75. The minimum absolute atomic E-state index is 0.115. The van der Waals surface area contributed by atoms with Crippen LogP contribution in [0.25, 0.3) is 0 Å². The molecule has 32 heavy (non-hydrogen) atoms. The molecule has 13 heteroatoms. The summed E-state index contributed by atoms with van der Waals surface area (Å²) in [7, 11) is 0. The molecule has 186 valence electrons. The van der Waals surface area contributed by atoms with E-state index in [1.165, 1.54) is 0 Å². The van der Waals surface area contributed by atoms with Gasteiger partial charge < -0.3 is 61.7 Å². The summed E-state index contributed by atoms with van der Waals surface area (Å²) in [5, 5.41) is 50.8. The molecule has 3 rings (SSSR count). The fraction of sp³-hybridized carbons (Fsp3) is 0.947. The van der Waals surface area contributed by atoms with Gasteiger partial charge in [-0.15, -0.1) is 0 Å². The zero-order valence-corrected chi connectivity index (χ0v) is 17.8. The quantitative estimate of drug-likeness (QED) is 0.177. The molecule has 0 aromatic carbocycles. The van der Waals surface area contributed by atoms with Crippen molar-refractivity contribution in [1.29, 1.82) is 0 Å². The first-order valence-electron chi connectivity index (χ1n) is 10.8. The highest BCUT2D eigenvalue weighted by atomic mass is 16.7. The molecule has 2 aliphatic heterocycles. The van der Waals surface area contributed by atoms with Crippen LogP contribution in [0.1, 0.15) is 19.8 Å². The molecule has 13 nitrogen and oxygen atoms in total. The average molecular weight is 466 g/mol. The third kappa shape index (κ3) is 4.85. The maximum absolute atomic E-state index is 12.3. The Morgan fingerprint density at radius 1 is 0.969 bits per heavy atom. The van der Waals surface area contributed by atoms with Crippen LogP contribution in [0.5, 0.6) is 0 Å². The number of aliphatic hydroxyl groups excluding tert-OH is 5. The minimum Gasteiger partial charge on any atom is -0.394 e. The first-order chi connectivity index (χ1) is 15.1. The van der Waals surface area contributed by atoms with E-state index in [0.717, 1.165) is 0 Å². The molecular formula is C19H35N3O10. The molecular weight excluding hydrogens is 430 g/mol. The molecule has 0 spiro atoms. The Balaban J connectivity index is 1.81. The van der Waals surface area contributed by atoms with Crippen LogP contribution >= 0.6 is 0 Å². The average Bonchev–Trinajstić information content (AvgIpc) is 3.04. The van der Waals surface area contributed by atoms with Crippen LogP contribution in [0.2, 0.25) is 0 Å². The monoisotopic (exact) mass is 465 g/mol. The zero-order valence-electron chi connectivity index (χ0n) is 17.8. The summed E-state index contributed by atoms with van der Waals surface area (Å²) >= 11 is 0. The van der Waals surface area contributed by atoms with E-state index in [1.807, 2.05) is 0 Å². The summed E-state index contributed by atoms with van der Waals surface area (Å²) in [6, 6.07) is -1.53. The Bertz CT molecular complexity index is 644. The lowest BCUT2D eigenvalue weighted by Crippen LogP contribution is -2.66. The summed E-state index contributed by atoms with van der Waals surface area (Å²) in [5.41, 5.74) is 17.7. The topological polar surface area (TPSA) is 233 Å². The summed E-state index contributed by atoms with van der Waals surface area (Å²) in [4.78, 5) is 12.3. The van der Waals surface area contributed by atoms with Crippen LogP contribution in [0, 0.1) is 5.92 Å². The molecule has 2 saturated heterocycles. The van der Waals surface area contributed by atoms with Crippen LogP contribution in [0.4, 0.5) is 0 Å².